The molecule has 174 valence electrons. The number of aliphatic hydroxyl groups excluding tert-OH is 2. The van der Waals surface area contributed by atoms with Gasteiger partial charge >= 0.3 is 0 Å². The normalized spacial score (nSPS) is 11.8. The topological polar surface area (TPSA) is 76.0 Å². The van der Waals surface area contributed by atoms with Crippen molar-refractivity contribution >= 4 is 53.2 Å². The third-order valence-corrected chi connectivity index (χ3v) is 4.84. The fraction of sp³-hybridized carbons (Fsp3) is 0.273. The number of hydrogen-bond acceptors (Lipinski definition) is 5. The summed E-state index contributed by atoms with van der Waals surface area (Å²) in [5.41, 5.74) is 1.62. The molecule has 0 amide bonds. The van der Waals surface area contributed by atoms with E-state index < -0.39 is 12.2 Å². The van der Waals surface area contributed by atoms with Crippen LogP contribution >= 0.6 is 46.4 Å². The molecule has 0 saturated carbocycles. The van der Waals surface area contributed by atoms with Gasteiger partial charge in [0.2, 0.25) is 0 Å². The van der Waals surface area contributed by atoms with Crippen LogP contribution in [0.1, 0.15) is 17.5 Å². The monoisotopic (exact) mass is 689 g/mol. The van der Waals surface area contributed by atoms with Gasteiger partial charge in [-0.3, -0.25) is 0 Å². The molecular formula is C22H21Cl4O5W-. The Hall–Kier alpha value is -0.962. The van der Waals surface area contributed by atoms with Crippen molar-refractivity contribution in [2.45, 2.75) is 25.0 Å². The SMILES string of the molecule is C#CCC(O)COc1c(Cl)cc(Cc2cc(Cl)c(OCC([CH2-])O)c(Cl)c2)cc1Cl.C=O.[W]. The van der Waals surface area contributed by atoms with Crippen molar-refractivity contribution in [1.29, 1.82) is 0 Å². The zero-order valence-electron chi connectivity index (χ0n) is 16.8. The fourth-order valence-electron chi connectivity index (χ4n) is 2.49. The number of hydrogen-bond donors (Lipinski definition) is 2. The third-order valence-electron chi connectivity index (χ3n) is 3.72. The maximum atomic E-state index is 9.68. The molecule has 0 radical (unpaired) electrons. The Morgan fingerprint density at radius 2 is 1.28 bits per heavy atom. The van der Waals surface area contributed by atoms with Gasteiger partial charge < -0.3 is 31.4 Å². The molecule has 0 aliphatic heterocycles. The second-order valence-electron chi connectivity index (χ2n) is 6.29. The molecule has 0 aliphatic carbocycles. The van der Waals surface area contributed by atoms with Crippen LogP contribution in [0.5, 0.6) is 11.5 Å². The van der Waals surface area contributed by atoms with Gasteiger partial charge in [-0.1, -0.05) is 46.4 Å². The number of carbonyl (C=O) groups is 1. The number of rotatable bonds is 9. The van der Waals surface area contributed by atoms with Crippen LogP contribution in [0.3, 0.4) is 0 Å². The number of terminal acetylenes is 1. The van der Waals surface area contributed by atoms with Crippen LogP contribution in [0.25, 0.3) is 0 Å². The molecule has 0 fully saturated rings. The van der Waals surface area contributed by atoms with Crippen molar-refractivity contribution in [2.24, 2.45) is 0 Å². The van der Waals surface area contributed by atoms with E-state index >= 15 is 0 Å². The Bertz CT molecular complexity index is 872. The molecule has 0 aromatic heterocycles. The predicted octanol–water partition coefficient (Wildman–Crippen LogP) is 5.04. The summed E-state index contributed by atoms with van der Waals surface area (Å²) < 4.78 is 10.9. The van der Waals surface area contributed by atoms with Gasteiger partial charge in [0.25, 0.3) is 0 Å². The maximum absolute atomic E-state index is 9.68. The Labute approximate surface area is 222 Å². The second kappa shape index (κ2) is 15.8. The van der Waals surface area contributed by atoms with E-state index in [4.69, 9.17) is 67.1 Å². The fourth-order valence-corrected chi connectivity index (χ4v) is 3.78. The van der Waals surface area contributed by atoms with Gasteiger partial charge in [0.1, 0.15) is 13.4 Å². The van der Waals surface area contributed by atoms with Crippen molar-refractivity contribution in [3.05, 3.63) is 62.4 Å². The molecular weight excluding hydrogens is 670 g/mol. The number of halogens is 4. The van der Waals surface area contributed by atoms with E-state index in [1.54, 1.807) is 24.3 Å². The first-order chi connectivity index (χ1) is 14.7. The number of carbonyl (C=O) groups excluding carboxylic acids is 1. The van der Waals surface area contributed by atoms with E-state index in [1.807, 2.05) is 6.79 Å². The number of aliphatic hydroxyl groups is 2. The Morgan fingerprint density at radius 3 is 1.62 bits per heavy atom. The molecule has 0 saturated heterocycles. The molecule has 0 heterocycles. The van der Waals surface area contributed by atoms with Gasteiger partial charge in [-0.2, -0.15) is 0 Å². The molecule has 2 rings (SSSR count). The molecule has 2 aromatic carbocycles. The van der Waals surface area contributed by atoms with Crippen molar-refractivity contribution in [3.63, 3.8) is 0 Å². The Kier molecular flexibility index (Phi) is 15.3. The largest absolute Gasteiger partial charge is 0.491 e. The van der Waals surface area contributed by atoms with Crippen LogP contribution in [0, 0.1) is 19.3 Å². The van der Waals surface area contributed by atoms with Crippen molar-refractivity contribution in [1.82, 2.24) is 0 Å². The molecule has 2 aromatic rings. The first-order valence-electron chi connectivity index (χ1n) is 8.84. The quantitative estimate of drug-likeness (QED) is 0.285. The van der Waals surface area contributed by atoms with Gasteiger partial charge in [0.15, 0.2) is 11.5 Å². The first kappa shape index (κ1) is 31.0. The molecule has 0 aliphatic rings. The molecule has 32 heavy (non-hydrogen) atoms. The summed E-state index contributed by atoms with van der Waals surface area (Å²) in [4.78, 5) is 8.00. The summed E-state index contributed by atoms with van der Waals surface area (Å²) in [6.45, 7) is 5.39. The zero-order chi connectivity index (χ0) is 23.6. The molecule has 10 heteroatoms. The first-order valence-corrected chi connectivity index (χ1v) is 10.4. The molecule has 2 N–H and O–H groups in total. The van der Waals surface area contributed by atoms with Crippen LogP contribution in [0.2, 0.25) is 20.1 Å². The van der Waals surface area contributed by atoms with Gasteiger partial charge in [-0.15, -0.1) is 12.3 Å². The smallest absolute Gasteiger partial charge is 0.156 e. The van der Waals surface area contributed by atoms with E-state index in [-0.39, 0.29) is 52.2 Å². The molecule has 0 bridgehead atoms. The summed E-state index contributed by atoms with van der Waals surface area (Å²) >= 11 is 25.1. The summed E-state index contributed by atoms with van der Waals surface area (Å²) in [5.74, 6) is 2.91. The average molecular weight is 691 g/mol. The molecule has 0 spiro atoms. The zero-order valence-corrected chi connectivity index (χ0v) is 22.8. The molecule has 2 unspecified atom stereocenters. The summed E-state index contributed by atoms with van der Waals surface area (Å²) in [5, 5.41) is 20.2. The summed E-state index contributed by atoms with van der Waals surface area (Å²) in [6, 6.07) is 6.84. The van der Waals surface area contributed by atoms with Gasteiger partial charge in [-0.05, 0) is 47.9 Å². The van der Waals surface area contributed by atoms with Crippen molar-refractivity contribution < 1.29 is 45.5 Å². The molecule has 2 atom stereocenters. The van der Waals surface area contributed by atoms with Gasteiger partial charge in [0, 0.05) is 27.5 Å². The van der Waals surface area contributed by atoms with Crippen LogP contribution in [0.4, 0.5) is 0 Å². The Morgan fingerprint density at radius 1 is 0.906 bits per heavy atom. The van der Waals surface area contributed by atoms with Crippen LogP contribution in [0.15, 0.2) is 24.3 Å². The molecule has 5 nitrogen and oxygen atoms in total. The van der Waals surface area contributed by atoms with Crippen LogP contribution in [-0.4, -0.2) is 42.4 Å². The summed E-state index contributed by atoms with van der Waals surface area (Å²) in [6.07, 6.45) is 4.08. The van der Waals surface area contributed by atoms with Gasteiger partial charge in [-0.25, -0.2) is 0 Å². The predicted molar refractivity (Wildman–Crippen MR) is 125 cm³/mol. The standard InChI is InChI=1S/C21H19Cl4O4.CH2O.W/c1-3-4-15(27)11-29-21-18(24)8-14(9-19(21)25)5-13-6-16(22)20(17(23)7-13)28-10-12(2)26;1-2;/h1,6-9,12,15,26-27H,2,4-5,10-11H2;1H2;/q-1;;. The van der Waals surface area contributed by atoms with Crippen LogP contribution < -0.4 is 9.47 Å². The Balaban J connectivity index is 0.00000311. The van der Waals surface area contributed by atoms with E-state index in [2.05, 4.69) is 12.8 Å². The number of benzene rings is 2. The van der Waals surface area contributed by atoms with E-state index in [0.717, 1.165) is 11.1 Å². The third kappa shape index (κ3) is 9.89. The van der Waals surface area contributed by atoms with E-state index in [1.165, 1.54) is 0 Å². The van der Waals surface area contributed by atoms with Crippen molar-refractivity contribution in [2.75, 3.05) is 13.2 Å². The van der Waals surface area contributed by atoms with Crippen molar-refractivity contribution in [3.8, 4) is 23.8 Å². The maximum Gasteiger partial charge on any atom is 0.156 e. The van der Waals surface area contributed by atoms with E-state index in [9.17, 15) is 10.2 Å². The van der Waals surface area contributed by atoms with E-state index in [0.29, 0.717) is 26.5 Å². The van der Waals surface area contributed by atoms with Crippen LogP contribution in [-0.2, 0) is 32.3 Å². The number of ether oxygens (including phenoxy) is 2. The minimum Gasteiger partial charge on any atom is -0.491 e. The minimum atomic E-state index is -0.889. The minimum absolute atomic E-state index is 0. The van der Waals surface area contributed by atoms with Gasteiger partial charge in [0.05, 0.1) is 32.8 Å². The second-order valence-corrected chi connectivity index (χ2v) is 7.92. The average Bonchev–Trinajstić information content (AvgIpc) is 2.68. The summed E-state index contributed by atoms with van der Waals surface area (Å²) in [7, 11) is 0.